The van der Waals surface area contributed by atoms with E-state index in [-0.39, 0.29) is 11.9 Å². The first-order valence-electron chi connectivity index (χ1n) is 9.12. The monoisotopic (exact) mass is 347 g/mol. The number of hydrogen-bond acceptors (Lipinski definition) is 5. The highest BCUT2D eigenvalue weighted by atomic mass is 16.5. The smallest absolute Gasteiger partial charge is 0.307 e. The summed E-state index contributed by atoms with van der Waals surface area (Å²) in [6.45, 7) is 2.66. The number of aliphatic carboxylic acids is 1. The van der Waals surface area contributed by atoms with E-state index in [9.17, 15) is 14.7 Å². The number of carboxylic acid groups (broad SMARTS) is 1. The second kappa shape index (κ2) is 7.80. The minimum absolute atomic E-state index is 0.100. The van der Waals surface area contributed by atoms with Crippen LogP contribution in [0.3, 0.4) is 0 Å². The molecule has 1 amide bonds. The molecule has 0 unspecified atom stereocenters. The van der Waals surface area contributed by atoms with Gasteiger partial charge in [0.15, 0.2) is 5.82 Å². The lowest BCUT2D eigenvalue weighted by Crippen LogP contribution is -2.45. The SMILES string of the molecule is CCCc1noc([C@@H]2CCCCN2C(=O)[C@H]2CC=CC[C@@H]2C(=O)O)n1. The molecule has 0 radical (unpaired) electrons. The molecular formula is C18H25N3O4. The molecule has 2 aliphatic rings. The normalized spacial score (nSPS) is 26.6. The number of likely N-dealkylation sites (tertiary alicyclic amines) is 1. The Balaban J connectivity index is 1.80. The van der Waals surface area contributed by atoms with Crippen molar-refractivity contribution in [2.45, 2.75) is 57.9 Å². The number of carbonyl (C=O) groups excluding carboxylic acids is 1. The van der Waals surface area contributed by atoms with Crippen LogP contribution in [0.1, 0.15) is 63.2 Å². The van der Waals surface area contributed by atoms with E-state index in [1.807, 2.05) is 12.2 Å². The largest absolute Gasteiger partial charge is 0.481 e. The summed E-state index contributed by atoms with van der Waals surface area (Å²) in [5.41, 5.74) is 0. The van der Waals surface area contributed by atoms with Crippen molar-refractivity contribution in [3.63, 3.8) is 0 Å². The van der Waals surface area contributed by atoms with Gasteiger partial charge in [-0.2, -0.15) is 4.98 Å². The molecule has 25 heavy (non-hydrogen) atoms. The highest BCUT2D eigenvalue weighted by Crippen LogP contribution is 2.35. The predicted molar refractivity (Wildman–Crippen MR) is 89.6 cm³/mol. The average Bonchev–Trinajstić information content (AvgIpc) is 3.10. The molecule has 136 valence electrons. The fourth-order valence-electron chi connectivity index (χ4n) is 3.75. The maximum absolute atomic E-state index is 13.1. The van der Waals surface area contributed by atoms with Crippen LogP contribution in [0.2, 0.25) is 0 Å². The zero-order valence-corrected chi connectivity index (χ0v) is 14.6. The molecule has 0 saturated carbocycles. The first kappa shape index (κ1) is 17.6. The van der Waals surface area contributed by atoms with Gasteiger partial charge in [-0.1, -0.05) is 24.2 Å². The van der Waals surface area contributed by atoms with Crippen molar-refractivity contribution >= 4 is 11.9 Å². The Kier molecular flexibility index (Phi) is 5.50. The highest BCUT2D eigenvalue weighted by Gasteiger charge is 2.40. The van der Waals surface area contributed by atoms with Crippen molar-refractivity contribution in [1.82, 2.24) is 15.0 Å². The lowest BCUT2D eigenvalue weighted by Gasteiger charge is -2.37. The molecule has 1 aliphatic heterocycles. The minimum Gasteiger partial charge on any atom is -0.481 e. The number of piperidine rings is 1. The first-order valence-corrected chi connectivity index (χ1v) is 9.12. The highest BCUT2D eigenvalue weighted by molar-refractivity contribution is 5.85. The summed E-state index contributed by atoms with van der Waals surface area (Å²) in [7, 11) is 0. The predicted octanol–water partition coefficient (Wildman–Crippen LogP) is 2.74. The molecule has 0 bridgehead atoms. The third-order valence-corrected chi connectivity index (χ3v) is 5.10. The van der Waals surface area contributed by atoms with Crippen molar-refractivity contribution in [2.24, 2.45) is 11.8 Å². The molecule has 0 aromatic carbocycles. The van der Waals surface area contributed by atoms with Gasteiger partial charge >= 0.3 is 5.97 Å². The molecule has 1 fully saturated rings. The molecule has 1 aromatic heterocycles. The maximum atomic E-state index is 13.1. The number of hydrogen-bond donors (Lipinski definition) is 1. The van der Waals surface area contributed by atoms with Gasteiger partial charge in [0.25, 0.3) is 0 Å². The van der Waals surface area contributed by atoms with Gasteiger partial charge < -0.3 is 14.5 Å². The molecule has 1 aromatic rings. The first-order chi connectivity index (χ1) is 12.1. The van der Waals surface area contributed by atoms with Crippen LogP contribution < -0.4 is 0 Å². The lowest BCUT2D eigenvalue weighted by atomic mass is 9.81. The molecular weight excluding hydrogens is 322 g/mol. The molecule has 2 heterocycles. The number of aryl methyl sites for hydroxylation is 1. The van der Waals surface area contributed by atoms with Crippen molar-refractivity contribution in [3.05, 3.63) is 23.9 Å². The third-order valence-electron chi connectivity index (χ3n) is 5.10. The topological polar surface area (TPSA) is 96.5 Å². The Hall–Kier alpha value is -2.18. The quantitative estimate of drug-likeness (QED) is 0.823. The van der Waals surface area contributed by atoms with E-state index in [0.717, 1.165) is 32.1 Å². The van der Waals surface area contributed by atoms with Crippen molar-refractivity contribution in [2.75, 3.05) is 6.54 Å². The van der Waals surface area contributed by atoms with Crippen molar-refractivity contribution in [3.8, 4) is 0 Å². The fourth-order valence-corrected chi connectivity index (χ4v) is 3.75. The fraction of sp³-hybridized carbons (Fsp3) is 0.667. The molecule has 3 atom stereocenters. The van der Waals surface area contributed by atoms with Crippen LogP contribution >= 0.6 is 0 Å². The van der Waals surface area contributed by atoms with E-state index in [4.69, 9.17) is 4.52 Å². The summed E-state index contributed by atoms with van der Waals surface area (Å²) in [5.74, 6) is -1.02. The molecule has 0 spiro atoms. The van der Waals surface area contributed by atoms with E-state index < -0.39 is 17.8 Å². The van der Waals surface area contributed by atoms with Gasteiger partial charge in [-0.05, 0) is 38.5 Å². The number of carboxylic acids is 1. The molecule has 1 saturated heterocycles. The summed E-state index contributed by atoms with van der Waals surface area (Å²) < 4.78 is 5.41. The lowest BCUT2D eigenvalue weighted by molar-refractivity contribution is -0.152. The number of rotatable bonds is 5. The maximum Gasteiger partial charge on any atom is 0.307 e. The molecule has 1 N–H and O–H groups in total. The number of allylic oxidation sites excluding steroid dienone is 2. The van der Waals surface area contributed by atoms with Crippen LogP contribution in [-0.2, 0) is 16.0 Å². The Morgan fingerprint density at radius 3 is 2.76 bits per heavy atom. The van der Waals surface area contributed by atoms with Gasteiger partial charge in [-0.3, -0.25) is 9.59 Å². The molecule has 7 nitrogen and oxygen atoms in total. The van der Waals surface area contributed by atoms with Gasteiger partial charge in [0, 0.05) is 13.0 Å². The third kappa shape index (κ3) is 3.75. The van der Waals surface area contributed by atoms with Crippen LogP contribution in [0.4, 0.5) is 0 Å². The van der Waals surface area contributed by atoms with Crippen LogP contribution in [0.5, 0.6) is 0 Å². The molecule has 3 rings (SSSR count). The van der Waals surface area contributed by atoms with Gasteiger partial charge in [-0.15, -0.1) is 0 Å². The molecule has 7 heteroatoms. The number of aromatic nitrogens is 2. The number of nitrogens with zero attached hydrogens (tertiary/aromatic N) is 3. The van der Waals surface area contributed by atoms with Crippen LogP contribution in [0, 0.1) is 11.8 Å². The summed E-state index contributed by atoms with van der Waals surface area (Å²) in [6, 6.07) is -0.236. The number of carbonyl (C=O) groups is 2. The number of amides is 1. The zero-order valence-electron chi connectivity index (χ0n) is 14.6. The van der Waals surface area contributed by atoms with Gasteiger partial charge in [0.1, 0.15) is 6.04 Å². The summed E-state index contributed by atoms with van der Waals surface area (Å²) >= 11 is 0. The summed E-state index contributed by atoms with van der Waals surface area (Å²) in [5, 5.41) is 13.5. The summed E-state index contributed by atoms with van der Waals surface area (Å²) in [6.07, 6.45) is 9.01. The van der Waals surface area contributed by atoms with Crippen LogP contribution in [-0.4, -0.2) is 38.6 Å². The second-order valence-electron chi connectivity index (χ2n) is 6.84. The van der Waals surface area contributed by atoms with E-state index in [1.165, 1.54) is 0 Å². The van der Waals surface area contributed by atoms with Gasteiger partial charge in [0.2, 0.25) is 11.8 Å². The Morgan fingerprint density at radius 2 is 2.04 bits per heavy atom. The van der Waals surface area contributed by atoms with Gasteiger partial charge in [0.05, 0.1) is 11.8 Å². The average molecular weight is 347 g/mol. The molecule has 1 aliphatic carbocycles. The van der Waals surface area contributed by atoms with E-state index in [1.54, 1.807) is 4.90 Å². The van der Waals surface area contributed by atoms with Crippen LogP contribution in [0.15, 0.2) is 16.7 Å². The zero-order chi connectivity index (χ0) is 17.8. The summed E-state index contributed by atoms with van der Waals surface area (Å²) in [4.78, 5) is 30.9. The van der Waals surface area contributed by atoms with Crippen molar-refractivity contribution in [1.29, 1.82) is 0 Å². The Bertz CT molecular complexity index is 655. The van der Waals surface area contributed by atoms with E-state index in [0.29, 0.717) is 31.1 Å². The minimum atomic E-state index is -0.903. The van der Waals surface area contributed by atoms with E-state index >= 15 is 0 Å². The Morgan fingerprint density at radius 1 is 1.28 bits per heavy atom. The second-order valence-corrected chi connectivity index (χ2v) is 6.84. The standard InChI is InChI=1S/C18H25N3O4/c1-2-7-15-19-16(25-20-15)14-10-5-6-11-21(14)17(22)12-8-3-4-9-13(12)18(23)24/h3-4,12-14H,2,5-11H2,1H3,(H,23,24)/t12-,13-,14-/m0/s1. The van der Waals surface area contributed by atoms with E-state index in [2.05, 4.69) is 17.1 Å². The van der Waals surface area contributed by atoms with Crippen molar-refractivity contribution < 1.29 is 19.2 Å². The van der Waals surface area contributed by atoms with Gasteiger partial charge in [-0.25, -0.2) is 0 Å². The Labute approximate surface area is 147 Å². The van der Waals surface area contributed by atoms with Crippen LogP contribution in [0.25, 0.3) is 0 Å².